The molecule has 0 unspecified atom stereocenters. The molecule has 0 spiro atoms. The van der Waals surface area contributed by atoms with Crippen molar-refractivity contribution < 1.29 is 23.4 Å². The van der Waals surface area contributed by atoms with E-state index in [2.05, 4.69) is 0 Å². The molecule has 0 radical (unpaired) electrons. The van der Waals surface area contributed by atoms with Crippen molar-refractivity contribution in [3.05, 3.63) is 69.0 Å². The summed E-state index contributed by atoms with van der Waals surface area (Å²) in [7, 11) is 0. The van der Waals surface area contributed by atoms with Crippen LogP contribution in [0.1, 0.15) is 24.5 Å². The minimum absolute atomic E-state index is 0.0995. The lowest BCUT2D eigenvalue weighted by Crippen LogP contribution is -2.16. The molecule has 29 heavy (non-hydrogen) atoms. The highest BCUT2D eigenvalue weighted by atomic mass is 35.5. The third-order valence-corrected chi connectivity index (χ3v) is 4.56. The standard InChI is InChI=1S/C22H21ClO6/c1-3-8-26-18-6-4-5-7-19(18)27-13-22(25)28-12-15-10-21(24)29-20-9-14(2)17(23)11-16(15)20/h4-7,9-11H,3,8,12-13H2,1-2H3. The molecule has 0 aliphatic heterocycles. The van der Waals surface area contributed by atoms with Gasteiger partial charge in [0.25, 0.3) is 0 Å². The van der Waals surface area contributed by atoms with Crippen LogP contribution in [0.15, 0.2) is 51.7 Å². The number of carbonyl (C=O) groups is 1. The summed E-state index contributed by atoms with van der Waals surface area (Å²) in [6, 6.07) is 11.8. The molecule has 0 amide bonds. The number of para-hydroxylation sites is 2. The highest BCUT2D eigenvalue weighted by Gasteiger charge is 2.12. The maximum Gasteiger partial charge on any atom is 0.344 e. The minimum atomic E-state index is -0.574. The number of hydrogen-bond acceptors (Lipinski definition) is 6. The van der Waals surface area contributed by atoms with E-state index < -0.39 is 11.6 Å². The van der Waals surface area contributed by atoms with Crippen LogP contribution in [0, 0.1) is 6.92 Å². The quantitative estimate of drug-likeness (QED) is 0.392. The van der Waals surface area contributed by atoms with Gasteiger partial charge in [-0.15, -0.1) is 0 Å². The average Bonchev–Trinajstić information content (AvgIpc) is 2.70. The number of benzene rings is 2. The van der Waals surface area contributed by atoms with Crippen LogP contribution < -0.4 is 15.1 Å². The van der Waals surface area contributed by atoms with Gasteiger partial charge in [0.2, 0.25) is 0 Å². The van der Waals surface area contributed by atoms with Gasteiger partial charge < -0.3 is 18.6 Å². The van der Waals surface area contributed by atoms with Gasteiger partial charge in [0.1, 0.15) is 12.2 Å². The fraction of sp³-hybridized carbons (Fsp3) is 0.273. The Labute approximate surface area is 172 Å². The van der Waals surface area contributed by atoms with Crippen LogP contribution >= 0.6 is 11.6 Å². The van der Waals surface area contributed by atoms with Crippen LogP contribution in [0.25, 0.3) is 11.0 Å². The molecule has 0 aliphatic carbocycles. The monoisotopic (exact) mass is 416 g/mol. The number of fused-ring (bicyclic) bond motifs is 1. The topological polar surface area (TPSA) is 75.0 Å². The Balaban J connectivity index is 1.66. The number of carbonyl (C=O) groups excluding carboxylic acids is 1. The van der Waals surface area contributed by atoms with Crippen molar-refractivity contribution in [3.63, 3.8) is 0 Å². The third-order valence-electron chi connectivity index (χ3n) is 4.15. The molecule has 0 aliphatic rings. The number of ether oxygens (including phenoxy) is 3. The molecule has 0 atom stereocenters. The fourth-order valence-electron chi connectivity index (χ4n) is 2.70. The first kappa shape index (κ1) is 20.7. The largest absolute Gasteiger partial charge is 0.490 e. The minimum Gasteiger partial charge on any atom is -0.490 e. The molecule has 3 rings (SSSR count). The summed E-state index contributed by atoms with van der Waals surface area (Å²) >= 11 is 6.17. The lowest BCUT2D eigenvalue weighted by molar-refractivity contribution is -0.147. The predicted molar refractivity (Wildman–Crippen MR) is 110 cm³/mol. The summed E-state index contributed by atoms with van der Waals surface area (Å²) < 4.78 is 21.6. The number of halogens is 1. The van der Waals surface area contributed by atoms with Crippen LogP contribution in [0.2, 0.25) is 5.02 Å². The smallest absolute Gasteiger partial charge is 0.344 e. The first-order chi connectivity index (χ1) is 14.0. The Bertz CT molecular complexity index is 1070. The van der Waals surface area contributed by atoms with Crippen LogP contribution in [0.5, 0.6) is 11.5 Å². The van der Waals surface area contributed by atoms with Gasteiger partial charge in [0, 0.05) is 22.0 Å². The summed E-state index contributed by atoms with van der Waals surface area (Å²) in [6.45, 7) is 3.98. The maximum atomic E-state index is 12.1. The molecule has 0 saturated carbocycles. The van der Waals surface area contributed by atoms with Gasteiger partial charge in [-0.25, -0.2) is 9.59 Å². The normalized spacial score (nSPS) is 10.7. The Kier molecular flexibility index (Phi) is 6.77. The second-order valence-corrected chi connectivity index (χ2v) is 6.84. The lowest BCUT2D eigenvalue weighted by atomic mass is 10.1. The molecule has 0 saturated heterocycles. The Morgan fingerprint density at radius 3 is 2.55 bits per heavy atom. The van der Waals surface area contributed by atoms with E-state index in [1.165, 1.54) is 6.07 Å². The van der Waals surface area contributed by atoms with E-state index in [0.29, 0.717) is 39.7 Å². The van der Waals surface area contributed by atoms with Crippen LogP contribution in [0.4, 0.5) is 0 Å². The predicted octanol–water partition coefficient (Wildman–Crippen LogP) is 4.67. The van der Waals surface area contributed by atoms with Crippen molar-refractivity contribution >= 4 is 28.5 Å². The first-order valence-corrected chi connectivity index (χ1v) is 9.59. The molecule has 152 valence electrons. The molecule has 0 bridgehead atoms. The Morgan fingerprint density at radius 2 is 1.83 bits per heavy atom. The van der Waals surface area contributed by atoms with Crippen molar-refractivity contribution in [1.82, 2.24) is 0 Å². The Hall–Kier alpha value is -2.99. The Morgan fingerprint density at radius 1 is 1.10 bits per heavy atom. The zero-order valence-corrected chi connectivity index (χ0v) is 17.0. The van der Waals surface area contributed by atoms with Crippen LogP contribution in [-0.4, -0.2) is 19.2 Å². The van der Waals surface area contributed by atoms with Crippen LogP contribution in [0.3, 0.4) is 0 Å². The SMILES string of the molecule is CCCOc1ccccc1OCC(=O)OCc1cc(=O)oc2cc(C)c(Cl)cc12. The van der Waals surface area contributed by atoms with Gasteiger partial charge in [-0.05, 0) is 43.2 Å². The summed E-state index contributed by atoms with van der Waals surface area (Å²) in [5, 5.41) is 1.15. The van der Waals surface area contributed by atoms with Gasteiger partial charge in [-0.2, -0.15) is 0 Å². The van der Waals surface area contributed by atoms with Gasteiger partial charge in [-0.1, -0.05) is 30.7 Å². The summed E-state index contributed by atoms with van der Waals surface area (Å²) in [5.74, 6) is 0.458. The van der Waals surface area contributed by atoms with Crippen molar-refractivity contribution in [2.75, 3.05) is 13.2 Å². The van der Waals surface area contributed by atoms with Crippen molar-refractivity contribution in [3.8, 4) is 11.5 Å². The second kappa shape index (κ2) is 9.47. The van der Waals surface area contributed by atoms with E-state index in [-0.39, 0.29) is 13.2 Å². The summed E-state index contributed by atoms with van der Waals surface area (Å²) in [5.41, 5.74) is 1.17. The molecule has 0 fully saturated rings. The third kappa shape index (κ3) is 5.29. The van der Waals surface area contributed by atoms with E-state index in [0.717, 1.165) is 12.0 Å². The highest BCUT2D eigenvalue weighted by molar-refractivity contribution is 6.32. The molecular formula is C22H21ClO6. The number of aryl methyl sites for hydroxylation is 1. The molecule has 3 aromatic rings. The van der Waals surface area contributed by atoms with E-state index in [9.17, 15) is 9.59 Å². The van der Waals surface area contributed by atoms with Gasteiger partial charge in [0.05, 0.1) is 6.61 Å². The highest BCUT2D eigenvalue weighted by Crippen LogP contribution is 2.27. The maximum absolute atomic E-state index is 12.1. The molecule has 7 heteroatoms. The van der Waals surface area contributed by atoms with Crippen molar-refractivity contribution in [2.45, 2.75) is 26.9 Å². The van der Waals surface area contributed by atoms with Gasteiger partial charge >= 0.3 is 11.6 Å². The van der Waals surface area contributed by atoms with Crippen molar-refractivity contribution in [2.24, 2.45) is 0 Å². The van der Waals surface area contributed by atoms with E-state index in [4.69, 9.17) is 30.2 Å². The number of hydrogen-bond donors (Lipinski definition) is 0. The zero-order chi connectivity index (χ0) is 20.8. The molecular weight excluding hydrogens is 396 g/mol. The molecule has 6 nitrogen and oxygen atoms in total. The number of esters is 1. The molecule has 1 aromatic heterocycles. The van der Waals surface area contributed by atoms with Gasteiger partial charge in [-0.3, -0.25) is 0 Å². The second-order valence-electron chi connectivity index (χ2n) is 6.43. The fourth-order valence-corrected chi connectivity index (χ4v) is 2.87. The van der Waals surface area contributed by atoms with E-state index in [1.807, 2.05) is 19.9 Å². The molecule has 1 heterocycles. The summed E-state index contributed by atoms with van der Waals surface area (Å²) in [6.07, 6.45) is 0.860. The molecule has 0 N–H and O–H groups in total. The van der Waals surface area contributed by atoms with Gasteiger partial charge in [0.15, 0.2) is 18.1 Å². The summed E-state index contributed by atoms with van der Waals surface area (Å²) in [4.78, 5) is 23.9. The van der Waals surface area contributed by atoms with E-state index in [1.54, 1.807) is 30.3 Å². The lowest BCUT2D eigenvalue weighted by Gasteiger charge is -2.12. The number of rotatable bonds is 8. The van der Waals surface area contributed by atoms with Crippen LogP contribution in [-0.2, 0) is 16.1 Å². The van der Waals surface area contributed by atoms with E-state index >= 15 is 0 Å². The zero-order valence-electron chi connectivity index (χ0n) is 16.2. The first-order valence-electron chi connectivity index (χ1n) is 9.21. The molecule has 2 aromatic carbocycles. The average molecular weight is 417 g/mol. The van der Waals surface area contributed by atoms with Crippen molar-refractivity contribution in [1.29, 1.82) is 0 Å².